The minimum Gasteiger partial charge on any atom is -0.394 e. The third-order valence-electron chi connectivity index (χ3n) is 3.51. The van der Waals surface area contributed by atoms with Crippen LogP contribution in [0.25, 0.3) is 0 Å². The van der Waals surface area contributed by atoms with Crippen molar-refractivity contribution in [2.45, 2.75) is 44.0 Å². The first-order valence-electron chi connectivity index (χ1n) is 6.32. The highest BCUT2D eigenvalue weighted by Gasteiger charge is 2.32. The Bertz CT molecular complexity index is 575. The predicted molar refractivity (Wildman–Crippen MR) is 87.3 cm³/mol. The summed E-state index contributed by atoms with van der Waals surface area (Å²) in [6, 6.07) is 3.31. The van der Waals surface area contributed by atoms with Gasteiger partial charge < -0.3 is 5.11 Å². The molecular formula is C13H19Br2NO3S. The quantitative estimate of drug-likeness (QED) is 0.729. The van der Waals surface area contributed by atoms with Crippen LogP contribution in [-0.4, -0.2) is 25.7 Å². The molecule has 7 heteroatoms. The molecule has 0 fully saturated rings. The Morgan fingerprint density at radius 2 is 1.75 bits per heavy atom. The molecule has 0 amide bonds. The zero-order valence-electron chi connectivity index (χ0n) is 11.7. The number of hydrogen-bond acceptors (Lipinski definition) is 3. The van der Waals surface area contributed by atoms with E-state index in [9.17, 15) is 13.5 Å². The van der Waals surface area contributed by atoms with Gasteiger partial charge in [0, 0.05) is 8.95 Å². The number of sulfonamides is 1. The summed E-state index contributed by atoms with van der Waals surface area (Å²) in [4.78, 5) is 0.162. The topological polar surface area (TPSA) is 66.4 Å². The molecule has 20 heavy (non-hydrogen) atoms. The fourth-order valence-corrected chi connectivity index (χ4v) is 5.04. The second-order valence-corrected chi connectivity index (χ2v) is 8.14. The number of halogens is 2. The van der Waals surface area contributed by atoms with Crippen molar-refractivity contribution in [1.29, 1.82) is 0 Å². The van der Waals surface area contributed by atoms with Gasteiger partial charge in [0.2, 0.25) is 10.0 Å². The average Bonchev–Trinajstić information content (AvgIpc) is 2.40. The number of aliphatic hydroxyl groups is 1. The van der Waals surface area contributed by atoms with Gasteiger partial charge in [0.1, 0.15) is 0 Å². The van der Waals surface area contributed by atoms with Gasteiger partial charge >= 0.3 is 0 Å². The molecule has 0 aliphatic heterocycles. The maximum atomic E-state index is 12.5. The van der Waals surface area contributed by atoms with E-state index in [0.717, 1.165) is 10.0 Å². The van der Waals surface area contributed by atoms with Crippen molar-refractivity contribution < 1.29 is 13.5 Å². The van der Waals surface area contributed by atoms with E-state index in [-0.39, 0.29) is 11.5 Å². The van der Waals surface area contributed by atoms with E-state index < -0.39 is 15.6 Å². The standard InChI is InChI=1S/C13H19Br2NO3S/c1-4-13(5-2,8-17)16-20(18,19)12-7-10(14)9(3)6-11(12)15/h6-7,16-17H,4-5,8H2,1-3H3. The zero-order chi connectivity index (χ0) is 15.6. The lowest BCUT2D eigenvalue weighted by molar-refractivity contribution is 0.172. The molecule has 0 heterocycles. The molecule has 0 unspecified atom stereocenters. The molecule has 0 radical (unpaired) electrons. The molecule has 1 aromatic rings. The van der Waals surface area contributed by atoms with Crippen molar-refractivity contribution in [3.05, 3.63) is 26.6 Å². The lowest BCUT2D eigenvalue weighted by atomic mass is 9.96. The summed E-state index contributed by atoms with van der Waals surface area (Å²) in [6.07, 6.45) is 1.04. The van der Waals surface area contributed by atoms with Crippen molar-refractivity contribution in [1.82, 2.24) is 4.72 Å². The van der Waals surface area contributed by atoms with Gasteiger partial charge in [-0.2, -0.15) is 0 Å². The molecule has 0 atom stereocenters. The number of benzene rings is 1. The Labute approximate surface area is 137 Å². The van der Waals surface area contributed by atoms with Crippen LogP contribution in [0.2, 0.25) is 0 Å². The molecule has 1 aromatic carbocycles. The maximum absolute atomic E-state index is 12.5. The van der Waals surface area contributed by atoms with E-state index in [1.54, 1.807) is 12.1 Å². The highest BCUT2D eigenvalue weighted by Crippen LogP contribution is 2.30. The molecule has 0 bridgehead atoms. The van der Waals surface area contributed by atoms with Gasteiger partial charge in [-0.05, 0) is 53.4 Å². The van der Waals surface area contributed by atoms with E-state index in [0.29, 0.717) is 17.3 Å². The van der Waals surface area contributed by atoms with Crippen molar-refractivity contribution in [2.24, 2.45) is 0 Å². The first-order valence-corrected chi connectivity index (χ1v) is 9.38. The molecule has 2 N–H and O–H groups in total. The molecule has 0 aliphatic carbocycles. The van der Waals surface area contributed by atoms with Crippen molar-refractivity contribution in [3.63, 3.8) is 0 Å². The van der Waals surface area contributed by atoms with Crippen LogP contribution in [0.1, 0.15) is 32.3 Å². The molecule has 4 nitrogen and oxygen atoms in total. The summed E-state index contributed by atoms with van der Waals surface area (Å²) in [6.45, 7) is 5.35. The average molecular weight is 429 g/mol. The Kier molecular flexibility index (Phi) is 6.22. The first-order chi connectivity index (χ1) is 9.21. The van der Waals surface area contributed by atoms with Gasteiger partial charge in [-0.15, -0.1) is 0 Å². The van der Waals surface area contributed by atoms with Crippen LogP contribution in [0, 0.1) is 6.92 Å². The number of hydrogen-bond donors (Lipinski definition) is 2. The van der Waals surface area contributed by atoms with E-state index >= 15 is 0 Å². The van der Waals surface area contributed by atoms with Gasteiger partial charge in [-0.25, -0.2) is 13.1 Å². The fraction of sp³-hybridized carbons (Fsp3) is 0.538. The fourth-order valence-electron chi connectivity index (χ4n) is 1.82. The molecule has 0 aromatic heterocycles. The van der Waals surface area contributed by atoms with Crippen molar-refractivity contribution >= 4 is 41.9 Å². The van der Waals surface area contributed by atoms with Gasteiger partial charge in [0.05, 0.1) is 17.0 Å². The Morgan fingerprint density at radius 3 is 2.20 bits per heavy atom. The Hall–Kier alpha value is 0.0500. The lowest BCUT2D eigenvalue weighted by Gasteiger charge is -2.30. The van der Waals surface area contributed by atoms with Crippen LogP contribution < -0.4 is 4.72 Å². The van der Waals surface area contributed by atoms with Crippen LogP contribution in [0.4, 0.5) is 0 Å². The predicted octanol–water partition coefficient (Wildman–Crippen LogP) is 3.35. The number of aliphatic hydroxyl groups excluding tert-OH is 1. The first kappa shape index (κ1) is 18.1. The number of nitrogens with one attached hydrogen (secondary N) is 1. The van der Waals surface area contributed by atoms with Gasteiger partial charge in [-0.3, -0.25) is 0 Å². The Morgan fingerprint density at radius 1 is 1.20 bits per heavy atom. The highest BCUT2D eigenvalue weighted by atomic mass is 79.9. The minimum absolute atomic E-state index is 0.162. The SMILES string of the molecule is CCC(CC)(CO)NS(=O)(=O)c1cc(Br)c(C)cc1Br. The second kappa shape index (κ2) is 6.87. The molecule has 0 saturated heterocycles. The summed E-state index contributed by atoms with van der Waals surface area (Å²) in [5.41, 5.74) is 0.116. The lowest BCUT2D eigenvalue weighted by Crippen LogP contribution is -2.50. The summed E-state index contributed by atoms with van der Waals surface area (Å²) < 4.78 is 28.9. The maximum Gasteiger partial charge on any atom is 0.242 e. The Balaban J connectivity index is 3.28. The highest BCUT2D eigenvalue weighted by molar-refractivity contribution is 9.11. The molecule has 1 rings (SSSR count). The summed E-state index contributed by atoms with van der Waals surface area (Å²) in [5, 5.41) is 9.51. The normalized spacial score (nSPS) is 12.7. The number of rotatable bonds is 6. The smallest absolute Gasteiger partial charge is 0.242 e. The van der Waals surface area contributed by atoms with Crippen LogP contribution in [0.5, 0.6) is 0 Å². The van der Waals surface area contributed by atoms with Crippen molar-refractivity contribution in [2.75, 3.05) is 6.61 Å². The number of aryl methyl sites for hydroxylation is 1. The summed E-state index contributed by atoms with van der Waals surface area (Å²) >= 11 is 6.63. The zero-order valence-corrected chi connectivity index (χ0v) is 15.7. The van der Waals surface area contributed by atoms with Gasteiger partial charge in [0.15, 0.2) is 0 Å². The second-order valence-electron chi connectivity index (χ2n) is 4.78. The van der Waals surface area contributed by atoms with Crippen LogP contribution in [0.15, 0.2) is 26.0 Å². The largest absolute Gasteiger partial charge is 0.394 e. The summed E-state index contributed by atoms with van der Waals surface area (Å²) in [5.74, 6) is 0. The molecule has 0 aliphatic rings. The third-order valence-corrected chi connectivity index (χ3v) is 6.90. The molecule has 114 valence electrons. The van der Waals surface area contributed by atoms with Crippen LogP contribution in [0.3, 0.4) is 0 Å². The summed E-state index contributed by atoms with van der Waals surface area (Å²) in [7, 11) is -3.71. The molecular weight excluding hydrogens is 410 g/mol. The van der Waals surface area contributed by atoms with Crippen LogP contribution >= 0.6 is 31.9 Å². The minimum atomic E-state index is -3.71. The molecule has 0 spiro atoms. The molecule has 0 saturated carbocycles. The van der Waals surface area contributed by atoms with Crippen LogP contribution in [-0.2, 0) is 10.0 Å². The van der Waals surface area contributed by atoms with Gasteiger partial charge in [-0.1, -0.05) is 29.8 Å². The third kappa shape index (κ3) is 3.82. The van der Waals surface area contributed by atoms with E-state index in [1.807, 2.05) is 20.8 Å². The van der Waals surface area contributed by atoms with E-state index in [1.165, 1.54) is 0 Å². The van der Waals surface area contributed by atoms with Crippen molar-refractivity contribution in [3.8, 4) is 0 Å². The van der Waals surface area contributed by atoms with E-state index in [4.69, 9.17) is 0 Å². The van der Waals surface area contributed by atoms with E-state index in [2.05, 4.69) is 36.6 Å². The van der Waals surface area contributed by atoms with Gasteiger partial charge in [0.25, 0.3) is 0 Å². The monoisotopic (exact) mass is 427 g/mol.